The molecule has 22 heavy (non-hydrogen) atoms. The molecular weight excluding hydrogens is 278 g/mol. The molecular formula is C17H23N3O2. The van der Waals surface area contributed by atoms with Gasteiger partial charge in [-0.1, -0.05) is 30.7 Å². The normalized spacial score (nSPS) is 23.9. The van der Waals surface area contributed by atoms with Gasteiger partial charge in [-0.2, -0.15) is 0 Å². The van der Waals surface area contributed by atoms with Crippen LogP contribution in [0.5, 0.6) is 0 Å². The fourth-order valence-electron chi connectivity index (χ4n) is 3.69. The van der Waals surface area contributed by atoms with Crippen molar-refractivity contribution in [3.63, 3.8) is 0 Å². The standard InChI is InChI=1S/C17H23N3O2/c1-18-16(21)14-7-4-8-15(14)20-17(22)19-13-9-11-5-2-3-6-12(11)10-13/h2-3,5-6,13-15H,4,7-10H2,1H3,(H,18,21)(H2,19,20,22)/t14-,15+/m0/s1. The number of amides is 3. The first-order chi connectivity index (χ1) is 10.7. The maximum Gasteiger partial charge on any atom is 0.315 e. The van der Waals surface area contributed by atoms with Crippen LogP contribution in [0.1, 0.15) is 30.4 Å². The molecule has 3 rings (SSSR count). The second-order valence-corrected chi connectivity index (χ2v) is 6.25. The maximum absolute atomic E-state index is 12.2. The van der Waals surface area contributed by atoms with Gasteiger partial charge in [-0.15, -0.1) is 0 Å². The minimum absolute atomic E-state index is 0.0241. The van der Waals surface area contributed by atoms with Crippen molar-refractivity contribution in [3.8, 4) is 0 Å². The molecule has 0 radical (unpaired) electrons. The molecule has 5 heteroatoms. The van der Waals surface area contributed by atoms with Gasteiger partial charge in [0.1, 0.15) is 0 Å². The molecule has 3 N–H and O–H groups in total. The van der Waals surface area contributed by atoms with Crippen molar-refractivity contribution in [2.45, 2.75) is 44.2 Å². The number of carbonyl (C=O) groups excluding carboxylic acids is 2. The van der Waals surface area contributed by atoms with Crippen LogP contribution in [0.25, 0.3) is 0 Å². The van der Waals surface area contributed by atoms with E-state index in [1.807, 2.05) is 12.1 Å². The Morgan fingerprint density at radius 3 is 2.36 bits per heavy atom. The third-order valence-electron chi connectivity index (χ3n) is 4.80. The van der Waals surface area contributed by atoms with Crippen molar-refractivity contribution in [3.05, 3.63) is 35.4 Å². The van der Waals surface area contributed by atoms with E-state index in [1.165, 1.54) is 11.1 Å². The van der Waals surface area contributed by atoms with Crippen molar-refractivity contribution >= 4 is 11.9 Å². The molecule has 0 aromatic heterocycles. The first-order valence-corrected chi connectivity index (χ1v) is 8.03. The molecule has 0 spiro atoms. The van der Waals surface area contributed by atoms with Crippen LogP contribution in [0.2, 0.25) is 0 Å². The quantitative estimate of drug-likeness (QED) is 0.789. The summed E-state index contributed by atoms with van der Waals surface area (Å²) in [5, 5.41) is 8.72. The monoisotopic (exact) mass is 301 g/mol. The second-order valence-electron chi connectivity index (χ2n) is 6.25. The lowest BCUT2D eigenvalue weighted by Crippen LogP contribution is -2.49. The number of fused-ring (bicyclic) bond motifs is 1. The molecule has 0 bridgehead atoms. The van der Waals surface area contributed by atoms with Gasteiger partial charge in [0, 0.05) is 19.1 Å². The zero-order valence-corrected chi connectivity index (χ0v) is 12.9. The summed E-state index contributed by atoms with van der Waals surface area (Å²) in [7, 11) is 1.65. The first kappa shape index (κ1) is 14.9. The highest BCUT2D eigenvalue weighted by molar-refractivity contribution is 5.81. The SMILES string of the molecule is CNC(=O)[C@H]1CCC[C@H]1NC(=O)NC1Cc2ccccc2C1. The Morgan fingerprint density at radius 1 is 1.05 bits per heavy atom. The largest absolute Gasteiger partial charge is 0.359 e. The molecule has 2 atom stereocenters. The predicted octanol–water partition coefficient (Wildman–Crippen LogP) is 1.37. The van der Waals surface area contributed by atoms with Gasteiger partial charge in [0.2, 0.25) is 5.91 Å². The lowest BCUT2D eigenvalue weighted by molar-refractivity contribution is -0.124. The average molecular weight is 301 g/mol. The third kappa shape index (κ3) is 3.08. The van der Waals surface area contributed by atoms with E-state index in [1.54, 1.807) is 7.05 Å². The topological polar surface area (TPSA) is 70.2 Å². The smallest absolute Gasteiger partial charge is 0.315 e. The summed E-state index contributed by atoms with van der Waals surface area (Å²) >= 11 is 0. The number of urea groups is 1. The van der Waals surface area contributed by atoms with E-state index in [9.17, 15) is 9.59 Å². The maximum atomic E-state index is 12.2. The second kappa shape index (κ2) is 6.38. The fourth-order valence-corrected chi connectivity index (χ4v) is 3.69. The Labute approximate surface area is 130 Å². The van der Waals surface area contributed by atoms with Crippen molar-refractivity contribution in [2.75, 3.05) is 7.05 Å². The van der Waals surface area contributed by atoms with E-state index in [0.717, 1.165) is 32.1 Å². The number of hydrogen-bond acceptors (Lipinski definition) is 2. The summed E-state index contributed by atoms with van der Waals surface area (Å²) in [5.41, 5.74) is 2.63. The van der Waals surface area contributed by atoms with Crippen LogP contribution >= 0.6 is 0 Å². The van der Waals surface area contributed by atoms with E-state index in [0.29, 0.717) is 0 Å². The highest BCUT2D eigenvalue weighted by Crippen LogP contribution is 2.26. The fraction of sp³-hybridized carbons (Fsp3) is 0.529. The lowest BCUT2D eigenvalue weighted by Gasteiger charge is -2.21. The van der Waals surface area contributed by atoms with E-state index >= 15 is 0 Å². The Hall–Kier alpha value is -2.04. The molecule has 118 valence electrons. The first-order valence-electron chi connectivity index (χ1n) is 8.03. The molecule has 0 aliphatic heterocycles. The van der Waals surface area contributed by atoms with Crippen LogP contribution in [0.4, 0.5) is 4.79 Å². The third-order valence-corrected chi connectivity index (χ3v) is 4.80. The molecule has 1 aromatic carbocycles. The van der Waals surface area contributed by atoms with Crippen LogP contribution in [0.3, 0.4) is 0 Å². The number of carbonyl (C=O) groups is 2. The molecule has 2 aliphatic carbocycles. The molecule has 3 amide bonds. The molecule has 1 saturated carbocycles. The van der Waals surface area contributed by atoms with Gasteiger partial charge in [0.25, 0.3) is 0 Å². The van der Waals surface area contributed by atoms with Gasteiger partial charge in [-0.3, -0.25) is 4.79 Å². The molecule has 0 heterocycles. The Bertz CT molecular complexity index is 548. The van der Waals surface area contributed by atoms with Crippen LogP contribution in [-0.4, -0.2) is 31.1 Å². The van der Waals surface area contributed by atoms with Crippen molar-refractivity contribution in [1.29, 1.82) is 0 Å². The highest BCUT2D eigenvalue weighted by Gasteiger charge is 2.34. The Morgan fingerprint density at radius 2 is 1.73 bits per heavy atom. The minimum Gasteiger partial charge on any atom is -0.359 e. The number of benzene rings is 1. The van der Waals surface area contributed by atoms with E-state index in [-0.39, 0.29) is 29.9 Å². The molecule has 0 unspecified atom stereocenters. The number of hydrogen-bond donors (Lipinski definition) is 3. The van der Waals surface area contributed by atoms with Gasteiger partial charge in [0.05, 0.1) is 5.92 Å². The van der Waals surface area contributed by atoms with Crippen LogP contribution in [0, 0.1) is 5.92 Å². The molecule has 1 aromatic rings. The van der Waals surface area contributed by atoms with Crippen molar-refractivity contribution < 1.29 is 9.59 Å². The molecule has 5 nitrogen and oxygen atoms in total. The summed E-state index contributed by atoms with van der Waals surface area (Å²) in [6.07, 6.45) is 4.47. The Balaban J connectivity index is 1.52. The van der Waals surface area contributed by atoms with Crippen LogP contribution in [0.15, 0.2) is 24.3 Å². The lowest BCUT2D eigenvalue weighted by atomic mass is 10.0. The van der Waals surface area contributed by atoms with Gasteiger partial charge >= 0.3 is 6.03 Å². The summed E-state index contributed by atoms with van der Waals surface area (Å²) in [4.78, 5) is 24.0. The molecule has 2 aliphatic rings. The number of nitrogens with one attached hydrogen (secondary N) is 3. The van der Waals surface area contributed by atoms with E-state index < -0.39 is 0 Å². The van der Waals surface area contributed by atoms with Crippen molar-refractivity contribution in [2.24, 2.45) is 5.92 Å². The van der Waals surface area contributed by atoms with Crippen LogP contribution < -0.4 is 16.0 Å². The summed E-state index contributed by atoms with van der Waals surface area (Å²) in [6, 6.07) is 8.25. The average Bonchev–Trinajstić information content (AvgIpc) is 3.12. The summed E-state index contributed by atoms with van der Waals surface area (Å²) in [6.45, 7) is 0. The van der Waals surface area contributed by atoms with E-state index in [2.05, 4.69) is 28.1 Å². The minimum atomic E-state index is -0.154. The predicted molar refractivity (Wildman–Crippen MR) is 84.5 cm³/mol. The van der Waals surface area contributed by atoms with E-state index in [4.69, 9.17) is 0 Å². The molecule has 0 saturated heterocycles. The summed E-state index contributed by atoms with van der Waals surface area (Å²) in [5.74, 6) is -0.0763. The zero-order valence-electron chi connectivity index (χ0n) is 12.9. The van der Waals surface area contributed by atoms with Gasteiger partial charge < -0.3 is 16.0 Å². The molecule has 1 fully saturated rings. The van der Waals surface area contributed by atoms with Crippen LogP contribution in [-0.2, 0) is 17.6 Å². The zero-order chi connectivity index (χ0) is 15.5. The van der Waals surface area contributed by atoms with Gasteiger partial charge in [0.15, 0.2) is 0 Å². The highest BCUT2D eigenvalue weighted by atomic mass is 16.2. The van der Waals surface area contributed by atoms with Crippen molar-refractivity contribution in [1.82, 2.24) is 16.0 Å². The van der Waals surface area contributed by atoms with Gasteiger partial charge in [-0.05, 0) is 36.8 Å². The van der Waals surface area contributed by atoms with Gasteiger partial charge in [-0.25, -0.2) is 4.79 Å². The summed E-state index contributed by atoms with van der Waals surface area (Å²) < 4.78 is 0. The number of rotatable bonds is 3. The Kier molecular flexibility index (Phi) is 4.32.